The number of hydrogen-bond donors (Lipinski definition) is 0. The fourth-order valence-electron chi connectivity index (χ4n) is 1.03. The Morgan fingerprint density at radius 3 is 3.00 bits per heavy atom. The van der Waals surface area contributed by atoms with E-state index in [1.54, 1.807) is 6.07 Å². The fourth-order valence-corrected chi connectivity index (χ4v) is 1.03. The third kappa shape index (κ3) is 3.20. The predicted molar refractivity (Wildman–Crippen MR) is 48.7 cm³/mol. The Morgan fingerprint density at radius 2 is 2.38 bits per heavy atom. The van der Waals surface area contributed by atoms with E-state index in [1.807, 2.05) is 0 Å². The summed E-state index contributed by atoms with van der Waals surface area (Å²) in [5.41, 5.74) is 0.758. The Kier molecular flexibility index (Phi) is 3.39. The lowest BCUT2D eigenvalue weighted by molar-refractivity contribution is 0.618. The molecular weight excluding hydrogens is 162 g/mol. The fraction of sp³-hybridized carbons (Fsp3) is 0.500. The average molecular weight is 174 g/mol. The van der Waals surface area contributed by atoms with Crippen LogP contribution in [0.5, 0.6) is 0 Å². The molecule has 0 atom stereocenters. The maximum atomic E-state index is 8.47. The molecule has 3 nitrogen and oxygen atoms in total. The van der Waals surface area contributed by atoms with Crippen LogP contribution in [0.1, 0.15) is 25.4 Å². The third-order valence-electron chi connectivity index (χ3n) is 1.55. The van der Waals surface area contributed by atoms with Crippen LogP contribution in [-0.4, -0.2) is 9.97 Å². The molecule has 0 saturated carbocycles. The van der Waals surface area contributed by atoms with Crippen molar-refractivity contribution in [2.75, 3.05) is 0 Å². The second-order valence-electron chi connectivity index (χ2n) is 3.34. The Bertz CT molecular complexity index is 312. The van der Waals surface area contributed by atoms with Crippen molar-refractivity contribution in [2.24, 2.45) is 5.92 Å². The molecule has 1 aromatic heterocycles. The molecule has 0 aliphatic heterocycles. The van der Waals surface area contributed by atoms with E-state index in [0.717, 1.165) is 17.9 Å². The zero-order valence-electron chi connectivity index (χ0n) is 7.91. The van der Waals surface area contributed by atoms with Crippen LogP contribution in [0.15, 0.2) is 6.07 Å². The average Bonchev–Trinajstić information content (AvgIpc) is 2.04. The van der Waals surface area contributed by atoms with Gasteiger partial charge in [-0.15, -0.1) is 0 Å². The van der Waals surface area contributed by atoms with Crippen LogP contribution in [0.25, 0.3) is 0 Å². The van der Waals surface area contributed by atoms with Gasteiger partial charge in [0.1, 0.15) is 5.82 Å². The Balaban J connectivity index is 2.74. The molecule has 0 aliphatic rings. The normalized spacial score (nSPS) is 10.0. The zero-order chi connectivity index (χ0) is 9.68. The van der Waals surface area contributed by atoms with E-state index in [2.05, 4.69) is 36.1 Å². The molecular formula is C10H12N3. The molecule has 0 aromatic carbocycles. The van der Waals surface area contributed by atoms with Gasteiger partial charge >= 0.3 is 0 Å². The van der Waals surface area contributed by atoms with E-state index < -0.39 is 0 Å². The molecule has 0 fully saturated rings. The first kappa shape index (κ1) is 9.66. The largest absolute Gasteiger partial charge is 0.237 e. The lowest BCUT2D eigenvalue weighted by Gasteiger charge is -2.02. The van der Waals surface area contributed by atoms with Crippen molar-refractivity contribution < 1.29 is 0 Å². The SMILES string of the molecule is CC(C)Cc1n[c]cc(CC#N)n1. The summed E-state index contributed by atoms with van der Waals surface area (Å²) in [5.74, 6) is 1.31. The summed E-state index contributed by atoms with van der Waals surface area (Å²) in [6.07, 6.45) is 3.94. The first-order chi connectivity index (χ1) is 6.22. The van der Waals surface area contributed by atoms with Crippen LogP contribution >= 0.6 is 0 Å². The summed E-state index contributed by atoms with van der Waals surface area (Å²) in [7, 11) is 0. The van der Waals surface area contributed by atoms with Gasteiger partial charge in [0.2, 0.25) is 0 Å². The van der Waals surface area contributed by atoms with E-state index in [4.69, 9.17) is 5.26 Å². The molecule has 0 N–H and O–H groups in total. The van der Waals surface area contributed by atoms with Crippen molar-refractivity contribution >= 4 is 0 Å². The second-order valence-corrected chi connectivity index (χ2v) is 3.34. The van der Waals surface area contributed by atoms with Gasteiger partial charge < -0.3 is 0 Å². The highest BCUT2D eigenvalue weighted by Crippen LogP contribution is 2.03. The second kappa shape index (κ2) is 4.56. The van der Waals surface area contributed by atoms with Gasteiger partial charge in [-0.2, -0.15) is 5.26 Å². The van der Waals surface area contributed by atoms with Crippen LogP contribution in [0, 0.1) is 23.4 Å². The van der Waals surface area contributed by atoms with Gasteiger partial charge in [-0.1, -0.05) is 13.8 Å². The van der Waals surface area contributed by atoms with Crippen LogP contribution in [0.2, 0.25) is 0 Å². The molecule has 0 spiro atoms. The van der Waals surface area contributed by atoms with Gasteiger partial charge in [0.05, 0.1) is 24.4 Å². The first-order valence-electron chi connectivity index (χ1n) is 4.32. The lowest BCUT2D eigenvalue weighted by atomic mass is 10.1. The van der Waals surface area contributed by atoms with E-state index in [0.29, 0.717) is 12.3 Å². The molecule has 0 saturated heterocycles. The maximum Gasteiger partial charge on any atom is 0.129 e. The lowest BCUT2D eigenvalue weighted by Crippen LogP contribution is -2.02. The topological polar surface area (TPSA) is 49.6 Å². The van der Waals surface area contributed by atoms with E-state index >= 15 is 0 Å². The molecule has 0 aliphatic carbocycles. The first-order valence-corrected chi connectivity index (χ1v) is 4.32. The summed E-state index contributed by atoms with van der Waals surface area (Å²) >= 11 is 0. The van der Waals surface area contributed by atoms with Crippen molar-refractivity contribution in [1.29, 1.82) is 5.26 Å². The van der Waals surface area contributed by atoms with Crippen LogP contribution in [0.3, 0.4) is 0 Å². The molecule has 13 heavy (non-hydrogen) atoms. The minimum absolute atomic E-state index is 0.337. The van der Waals surface area contributed by atoms with Crippen molar-refractivity contribution in [2.45, 2.75) is 26.7 Å². The van der Waals surface area contributed by atoms with Crippen molar-refractivity contribution in [3.05, 3.63) is 23.8 Å². The molecule has 1 radical (unpaired) electrons. The molecule has 0 unspecified atom stereocenters. The van der Waals surface area contributed by atoms with E-state index in [-0.39, 0.29) is 0 Å². The molecule has 67 valence electrons. The van der Waals surface area contributed by atoms with Gasteiger partial charge in [0.15, 0.2) is 0 Å². The Morgan fingerprint density at radius 1 is 1.62 bits per heavy atom. The molecule has 3 heteroatoms. The summed E-state index contributed by atoms with van der Waals surface area (Å²) < 4.78 is 0. The quantitative estimate of drug-likeness (QED) is 0.698. The van der Waals surface area contributed by atoms with Crippen LogP contribution < -0.4 is 0 Å². The molecule has 0 bridgehead atoms. The van der Waals surface area contributed by atoms with Crippen LogP contribution in [-0.2, 0) is 12.8 Å². The van der Waals surface area contributed by atoms with Gasteiger partial charge in [0, 0.05) is 6.42 Å². The predicted octanol–water partition coefficient (Wildman–Crippen LogP) is 1.54. The van der Waals surface area contributed by atoms with Crippen LogP contribution in [0.4, 0.5) is 0 Å². The third-order valence-corrected chi connectivity index (χ3v) is 1.55. The Hall–Kier alpha value is -1.43. The summed E-state index contributed by atoms with van der Waals surface area (Å²) in [6, 6.07) is 3.71. The van der Waals surface area contributed by atoms with E-state index in [9.17, 15) is 0 Å². The summed E-state index contributed by atoms with van der Waals surface area (Å²) in [5, 5.41) is 8.47. The highest BCUT2D eigenvalue weighted by molar-refractivity contribution is 5.06. The molecule has 1 aromatic rings. The summed E-state index contributed by atoms with van der Waals surface area (Å²) in [4.78, 5) is 8.25. The van der Waals surface area contributed by atoms with Gasteiger partial charge in [-0.25, -0.2) is 9.97 Å². The molecule has 1 heterocycles. The van der Waals surface area contributed by atoms with Crippen molar-refractivity contribution in [3.63, 3.8) is 0 Å². The number of aromatic nitrogens is 2. The van der Waals surface area contributed by atoms with Gasteiger partial charge in [-0.05, 0) is 12.0 Å². The minimum Gasteiger partial charge on any atom is -0.237 e. The summed E-state index contributed by atoms with van der Waals surface area (Å²) in [6.45, 7) is 4.22. The monoisotopic (exact) mass is 174 g/mol. The molecule has 0 amide bonds. The smallest absolute Gasteiger partial charge is 0.129 e. The number of hydrogen-bond acceptors (Lipinski definition) is 3. The number of rotatable bonds is 3. The maximum absolute atomic E-state index is 8.47. The highest BCUT2D eigenvalue weighted by atomic mass is 14.9. The van der Waals surface area contributed by atoms with Gasteiger partial charge in [-0.3, -0.25) is 0 Å². The number of nitriles is 1. The van der Waals surface area contributed by atoms with Gasteiger partial charge in [0.25, 0.3) is 0 Å². The molecule has 1 rings (SSSR count). The van der Waals surface area contributed by atoms with E-state index in [1.165, 1.54) is 0 Å². The van der Waals surface area contributed by atoms with Crippen molar-refractivity contribution in [1.82, 2.24) is 9.97 Å². The number of nitrogens with zero attached hydrogens (tertiary/aromatic N) is 3. The Labute approximate surface area is 78.5 Å². The van der Waals surface area contributed by atoms with Crippen molar-refractivity contribution in [3.8, 4) is 6.07 Å². The zero-order valence-corrected chi connectivity index (χ0v) is 7.91. The highest BCUT2D eigenvalue weighted by Gasteiger charge is 2.01. The standard InChI is InChI=1S/C10H12N3/c1-8(2)7-10-12-6-4-9(13-10)3-5-11/h4,8H,3,7H2,1-2H3. The minimum atomic E-state index is 0.337.